The first kappa shape index (κ1) is 8.31. The van der Waals surface area contributed by atoms with Crippen LogP contribution in [-0.4, -0.2) is 10.9 Å². The van der Waals surface area contributed by atoms with Gasteiger partial charge < -0.3 is 5.11 Å². The van der Waals surface area contributed by atoms with Gasteiger partial charge in [0.25, 0.3) is 0 Å². The summed E-state index contributed by atoms with van der Waals surface area (Å²) in [6.07, 6.45) is 0.544. The van der Waals surface area contributed by atoms with Gasteiger partial charge in [-0.25, -0.2) is 0 Å². The molecule has 1 atom stereocenters. The second-order valence-corrected chi connectivity index (χ2v) is 3.49. The summed E-state index contributed by atoms with van der Waals surface area (Å²) in [7, 11) is 0. The van der Waals surface area contributed by atoms with E-state index in [1.54, 1.807) is 6.92 Å². The molecule has 0 aromatic rings. The van der Waals surface area contributed by atoms with Crippen molar-refractivity contribution in [1.29, 1.82) is 0 Å². The summed E-state index contributed by atoms with van der Waals surface area (Å²) in [6, 6.07) is 0. The summed E-state index contributed by atoms with van der Waals surface area (Å²) in [5.74, 6) is 0.767. The van der Waals surface area contributed by atoms with Crippen molar-refractivity contribution < 1.29 is 9.90 Å². The van der Waals surface area contributed by atoms with Gasteiger partial charge in [0.05, 0.1) is 5.76 Å². The van der Waals surface area contributed by atoms with Gasteiger partial charge in [-0.2, -0.15) is 0 Å². The van der Waals surface area contributed by atoms with Gasteiger partial charge in [-0.3, -0.25) is 4.79 Å². The van der Waals surface area contributed by atoms with Crippen LogP contribution in [0.15, 0.2) is 11.3 Å². The molecule has 11 heavy (non-hydrogen) atoms. The second-order valence-electron chi connectivity index (χ2n) is 3.49. The number of aliphatic hydroxyl groups excluding tert-OH is 1. The lowest BCUT2D eigenvalue weighted by molar-refractivity contribution is -0.119. The molecule has 1 aliphatic rings. The Labute approximate surface area is 66.9 Å². The highest BCUT2D eigenvalue weighted by molar-refractivity contribution is 5.99. The van der Waals surface area contributed by atoms with E-state index in [9.17, 15) is 9.90 Å². The number of ketones is 1. The highest BCUT2D eigenvalue weighted by Gasteiger charge is 2.32. The quantitative estimate of drug-likeness (QED) is 0.627. The smallest absolute Gasteiger partial charge is 0.165 e. The van der Waals surface area contributed by atoms with E-state index in [1.807, 2.05) is 13.8 Å². The summed E-state index contributed by atoms with van der Waals surface area (Å²) in [6.45, 7) is 5.71. The molecule has 1 aliphatic carbocycles. The third-order valence-electron chi connectivity index (χ3n) is 2.36. The molecule has 1 N–H and O–H groups in total. The summed E-state index contributed by atoms with van der Waals surface area (Å²) in [5, 5.41) is 9.25. The zero-order valence-corrected chi connectivity index (χ0v) is 7.22. The normalized spacial score (nSPS) is 25.5. The van der Waals surface area contributed by atoms with E-state index in [4.69, 9.17) is 0 Å². The Morgan fingerprint density at radius 1 is 1.55 bits per heavy atom. The number of allylic oxidation sites excluding steroid dienone is 2. The zero-order chi connectivity index (χ0) is 8.59. The Balaban J connectivity index is 2.79. The first-order chi connectivity index (χ1) is 5.04. The molecular weight excluding hydrogens is 140 g/mol. The van der Waals surface area contributed by atoms with Crippen molar-refractivity contribution in [3.8, 4) is 0 Å². The van der Waals surface area contributed by atoms with E-state index < -0.39 is 0 Å². The van der Waals surface area contributed by atoms with Gasteiger partial charge in [-0.1, -0.05) is 13.8 Å². The van der Waals surface area contributed by atoms with E-state index >= 15 is 0 Å². The summed E-state index contributed by atoms with van der Waals surface area (Å²) in [4.78, 5) is 11.3. The van der Waals surface area contributed by atoms with Gasteiger partial charge >= 0.3 is 0 Å². The molecule has 0 radical (unpaired) electrons. The third kappa shape index (κ3) is 1.30. The fraction of sp³-hybridized carbons (Fsp3) is 0.667. The molecular formula is C9H14O2. The van der Waals surface area contributed by atoms with Crippen molar-refractivity contribution in [2.75, 3.05) is 0 Å². The third-order valence-corrected chi connectivity index (χ3v) is 2.36. The average Bonchev–Trinajstić information content (AvgIpc) is 2.17. The number of aliphatic hydroxyl groups is 1. The Morgan fingerprint density at radius 2 is 2.09 bits per heavy atom. The van der Waals surface area contributed by atoms with Crippen molar-refractivity contribution in [3.05, 3.63) is 11.3 Å². The van der Waals surface area contributed by atoms with Crippen molar-refractivity contribution in [3.63, 3.8) is 0 Å². The maximum Gasteiger partial charge on any atom is 0.165 e. The van der Waals surface area contributed by atoms with Crippen LogP contribution < -0.4 is 0 Å². The van der Waals surface area contributed by atoms with Crippen molar-refractivity contribution in [1.82, 2.24) is 0 Å². The number of Topliss-reactive ketones (excluding diaryl/α,β-unsaturated/α-hetero) is 1. The molecule has 0 heterocycles. The Bertz CT molecular complexity index is 214. The van der Waals surface area contributed by atoms with E-state index in [-0.39, 0.29) is 17.5 Å². The molecule has 1 rings (SSSR count). The lowest BCUT2D eigenvalue weighted by atomic mass is 9.92. The fourth-order valence-corrected chi connectivity index (χ4v) is 1.41. The van der Waals surface area contributed by atoms with E-state index in [1.165, 1.54) is 0 Å². The molecule has 0 aliphatic heterocycles. The van der Waals surface area contributed by atoms with Crippen molar-refractivity contribution in [2.45, 2.75) is 27.2 Å². The van der Waals surface area contributed by atoms with Crippen LogP contribution in [0.3, 0.4) is 0 Å². The van der Waals surface area contributed by atoms with Crippen LogP contribution in [0.4, 0.5) is 0 Å². The van der Waals surface area contributed by atoms with E-state index in [0.29, 0.717) is 17.9 Å². The largest absolute Gasteiger partial charge is 0.512 e. The molecule has 62 valence electrons. The minimum atomic E-state index is 0.0231. The van der Waals surface area contributed by atoms with Gasteiger partial charge in [0, 0.05) is 17.9 Å². The molecule has 0 amide bonds. The molecule has 0 aromatic carbocycles. The van der Waals surface area contributed by atoms with Crippen LogP contribution >= 0.6 is 0 Å². The van der Waals surface area contributed by atoms with E-state index in [0.717, 1.165) is 0 Å². The first-order valence-corrected chi connectivity index (χ1v) is 3.97. The monoisotopic (exact) mass is 154 g/mol. The molecule has 0 aromatic heterocycles. The van der Waals surface area contributed by atoms with Crippen LogP contribution in [0, 0.1) is 11.8 Å². The van der Waals surface area contributed by atoms with Gasteiger partial charge in [0.15, 0.2) is 5.78 Å². The number of hydrogen-bond donors (Lipinski definition) is 1. The maximum atomic E-state index is 11.3. The predicted molar refractivity (Wildman–Crippen MR) is 43.3 cm³/mol. The molecule has 0 saturated carbocycles. The standard InChI is InChI=1S/C9H14O2/c1-5(2)7-4-8(10)6(3)9(7)11/h5,7,10H,4H2,1-3H3. The van der Waals surface area contributed by atoms with Crippen LogP contribution in [0.2, 0.25) is 0 Å². The molecule has 0 bridgehead atoms. The second kappa shape index (κ2) is 2.68. The topological polar surface area (TPSA) is 37.3 Å². The fourth-order valence-electron chi connectivity index (χ4n) is 1.41. The highest BCUT2D eigenvalue weighted by Crippen LogP contribution is 2.31. The predicted octanol–water partition coefficient (Wildman–Crippen LogP) is 2.06. The van der Waals surface area contributed by atoms with Crippen LogP contribution in [0.25, 0.3) is 0 Å². The van der Waals surface area contributed by atoms with Crippen LogP contribution in [-0.2, 0) is 4.79 Å². The van der Waals surface area contributed by atoms with Gasteiger partial charge in [0.2, 0.25) is 0 Å². The van der Waals surface area contributed by atoms with Crippen molar-refractivity contribution in [2.24, 2.45) is 11.8 Å². The maximum absolute atomic E-state index is 11.3. The van der Waals surface area contributed by atoms with Gasteiger partial charge in [0.1, 0.15) is 0 Å². The lowest BCUT2D eigenvalue weighted by Crippen LogP contribution is -2.15. The summed E-state index contributed by atoms with van der Waals surface area (Å²) < 4.78 is 0. The zero-order valence-electron chi connectivity index (χ0n) is 7.22. The minimum Gasteiger partial charge on any atom is -0.512 e. The molecule has 0 spiro atoms. The molecule has 1 unspecified atom stereocenters. The van der Waals surface area contributed by atoms with Gasteiger partial charge in [-0.15, -0.1) is 0 Å². The number of hydrogen-bond acceptors (Lipinski definition) is 2. The Morgan fingerprint density at radius 3 is 2.27 bits per heavy atom. The molecule has 0 fully saturated rings. The summed E-state index contributed by atoms with van der Waals surface area (Å²) in [5.41, 5.74) is 0.559. The number of carbonyl (C=O) groups is 1. The Hall–Kier alpha value is -0.790. The van der Waals surface area contributed by atoms with Crippen molar-refractivity contribution >= 4 is 5.78 Å². The van der Waals surface area contributed by atoms with Crippen LogP contribution in [0.5, 0.6) is 0 Å². The molecule has 2 nitrogen and oxygen atoms in total. The first-order valence-electron chi connectivity index (χ1n) is 3.97. The highest BCUT2D eigenvalue weighted by atomic mass is 16.3. The lowest BCUT2D eigenvalue weighted by Gasteiger charge is -2.11. The van der Waals surface area contributed by atoms with Gasteiger partial charge in [-0.05, 0) is 12.8 Å². The van der Waals surface area contributed by atoms with Crippen LogP contribution in [0.1, 0.15) is 27.2 Å². The summed E-state index contributed by atoms with van der Waals surface area (Å²) >= 11 is 0. The van der Waals surface area contributed by atoms with E-state index in [2.05, 4.69) is 0 Å². The number of carbonyl (C=O) groups excluding carboxylic acids is 1. The number of rotatable bonds is 1. The average molecular weight is 154 g/mol. The minimum absolute atomic E-state index is 0.0231. The Kier molecular flexibility index (Phi) is 2.03. The molecule has 2 heteroatoms. The molecule has 0 saturated heterocycles. The SMILES string of the molecule is CC1=C(O)CC(C(C)C)C1=O.